The SMILES string of the molecule is COCCN(CCC#N)c1ccc(C)cc1C(=O)O. The Morgan fingerprint density at radius 2 is 2.21 bits per heavy atom. The molecule has 5 heteroatoms. The number of ether oxygens (including phenoxy) is 1. The van der Waals surface area contributed by atoms with E-state index in [-0.39, 0.29) is 5.56 Å². The van der Waals surface area contributed by atoms with Crippen molar-refractivity contribution in [1.82, 2.24) is 0 Å². The van der Waals surface area contributed by atoms with Gasteiger partial charge in [-0.05, 0) is 19.1 Å². The number of methoxy groups -OCH3 is 1. The van der Waals surface area contributed by atoms with Gasteiger partial charge in [0.2, 0.25) is 0 Å². The van der Waals surface area contributed by atoms with Crippen molar-refractivity contribution < 1.29 is 14.6 Å². The molecule has 1 rings (SSSR count). The van der Waals surface area contributed by atoms with E-state index < -0.39 is 5.97 Å². The Morgan fingerprint density at radius 1 is 1.47 bits per heavy atom. The number of carbonyl (C=O) groups is 1. The number of carboxylic acid groups (broad SMARTS) is 1. The zero-order valence-corrected chi connectivity index (χ0v) is 11.2. The Kier molecular flexibility index (Phi) is 5.83. The standard InChI is InChI=1S/C14H18N2O3/c1-11-4-5-13(12(10-11)14(17)18)16(7-3-6-15)8-9-19-2/h4-5,10H,3,7-9H2,1-2H3,(H,17,18). The van der Waals surface area contributed by atoms with Crippen LogP contribution in [0.1, 0.15) is 22.3 Å². The number of aryl methyl sites for hydroxylation is 1. The second-order valence-corrected chi connectivity index (χ2v) is 4.21. The van der Waals surface area contributed by atoms with Crippen molar-refractivity contribution in [3.63, 3.8) is 0 Å². The van der Waals surface area contributed by atoms with Crippen molar-refractivity contribution in [3.8, 4) is 6.07 Å². The lowest BCUT2D eigenvalue weighted by atomic mass is 10.1. The normalized spacial score (nSPS) is 9.95. The molecule has 0 aliphatic rings. The second kappa shape index (κ2) is 7.39. The van der Waals surface area contributed by atoms with Crippen molar-refractivity contribution in [2.45, 2.75) is 13.3 Å². The third-order valence-electron chi connectivity index (χ3n) is 2.78. The van der Waals surface area contributed by atoms with Crippen molar-refractivity contribution in [1.29, 1.82) is 5.26 Å². The summed E-state index contributed by atoms with van der Waals surface area (Å²) in [7, 11) is 1.59. The van der Waals surface area contributed by atoms with Crippen molar-refractivity contribution in [2.24, 2.45) is 0 Å². The molecule has 19 heavy (non-hydrogen) atoms. The van der Waals surface area contributed by atoms with E-state index in [1.807, 2.05) is 17.9 Å². The number of hydrogen-bond donors (Lipinski definition) is 1. The average Bonchev–Trinajstić information content (AvgIpc) is 2.39. The van der Waals surface area contributed by atoms with Crippen molar-refractivity contribution in [2.75, 3.05) is 31.7 Å². The fraction of sp³-hybridized carbons (Fsp3) is 0.429. The Bertz CT molecular complexity index is 480. The van der Waals surface area contributed by atoms with Gasteiger partial charge in [-0.3, -0.25) is 0 Å². The molecule has 0 radical (unpaired) electrons. The molecule has 0 spiro atoms. The van der Waals surface area contributed by atoms with Crippen molar-refractivity contribution >= 4 is 11.7 Å². The van der Waals surface area contributed by atoms with E-state index in [2.05, 4.69) is 6.07 Å². The van der Waals surface area contributed by atoms with Gasteiger partial charge in [0.05, 0.1) is 30.3 Å². The molecule has 0 unspecified atom stereocenters. The molecule has 0 aliphatic heterocycles. The highest BCUT2D eigenvalue weighted by atomic mass is 16.5. The summed E-state index contributed by atoms with van der Waals surface area (Å²) in [4.78, 5) is 13.2. The van der Waals surface area contributed by atoms with E-state index in [0.717, 1.165) is 5.56 Å². The summed E-state index contributed by atoms with van der Waals surface area (Å²) in [6, 6.07) is 7.37. The van der Waals surface area contributed by atoms with E-state index in [4.69, 9.17) is 10.00 Å². The molecule has 0 atom stereocenters. The number of aromatic carboxylic acids is 1. The van der Waals surface area contributed by atoms with Gasteiger partial charge in [0.1, 0.15) is 0 Å². The number of carboxylic acids is 1. The lowest BCUT2D eigenvalue weighted by molar-refractivity contribution is 0.0697. The molecular formula is C14H18N2O3. The van der Waals surface area contributed by atoms with Crippen LogP contribution in [-0.4, -0.2) is 37.9 Å². The first-order valence-corrected chi connectivity index (χ1v) is 6.05. The van der Waals surface area contributed by atoms with Gasteiger partial charge >= 0.3 is 5.97 Å². The number of benzene rings is 1. The molecule has 0 aliphatic carbocycles. The summed E-state index contributed by atoms with van der Waals surface area (Å²) in [6.07, 6.45) is 0.344. The van der Waals surface area contributed by atoms with Crippen LogP contribution >= 0.6 is 0 Å². The minimum absolute atomic E-state index is 0.258. The average molecular weight is 262 g/mol. The van der Waals surface area contributed by atoms with E-state index >= 15 is 0 Å². The predicted octanol–water partition coefficient (Wildman–Crippen LogP) is 2.06. The Morgan fingerprint density at radius 3 is 2.79 bits per heavy atom. The van der Waals surface area contributed by atoms with Gasteiger partial charge in [-0.1, -0.05) is 11.6 Å². The second-order valence-electron chi connectivity index (χ2n) is 4.21. The summed E-state index contributed by atoms with van der Waals surface area (Å²) < 4.78 is 5.03. The van der Waals surface area contributed by atoms with E-state index in [9.17, 15) is 9.90 Å². The van der Waals surface area contributed by atoms with Crippen LogP contribution in [0.25, 0.3) is 0 Å². The van der Waals surface area contributed by atoms with Crippen LogP contribution in [0.5, 0.6) is 0 Å². The summed E-state index contributed by atoms with van der Waals surface area (Å²) >= 11 is 0. The molecule has 102 valence electrons. The van der Waals surface area contributed by atoms with E-state index in [1.54, 1.807) is 19.2 Å². The molecule has 1 aromatic carbocycles. The molecule has 0 fully saturated rings. The molecule has 1 N–H and O–H groups in total. The minimum Gasteiger partial charge on any atom is -0.478 e. The van der Waals surface area contributed by atoms with Gasteiger partial charge in [-0.15, -0.1) is 0 Å². The van der Waals surface area contributed by atoms with Crippen LogP contribution in [0.15, 0.2) is 18.2 Å². The molecular weight excluding hydrogens is 244 g/mol. The maximum absolute atomic E-state index is 11.3. The fourth-order valence-electron chi connectivity index (χ4n) is 1.84. The first-order chi connectivity index (χ1) is 9.10. The third kappa shape index (κ3) is 4.27. The van der Waals surface area contributed by atoms with Gasteiger partial charge in [0, 0.05) is 20.2 Å². The smallest absolute Gasteiger partial charge is 0.337 e. The van der Waals surface area contributed by atoms with E-state index in [0.29, 0.717) is 31.8 Å². The zero-order chi connectivity index (χ0) is 14.3. The highest BCUT2D eigenvalue weighted by molar-refractivity contribution is 5.94. The molecule has 0 amide bonds. The number of rotatable bonds is 7. The van der Waals surface area contributed by atoms with Crippen LogP contribution in [-0.2, 0) is 4.74 Å². The number of nitriles is 1. The number of hydrogen-bond acceptors (Lipinski definition) is 4. The van der Waals surface area contributed by atoms with Gasteiger partial charge in [0.25, 0.3) is 0 Å². The molecule has 0 aromatic heterocycles. The first kappa shape index (κ1) is 15.0. The monoisotopic (exact) mass is 262 g/mol. The van der Waals surface area contributed by atoms with Gasteiger partial charge in [0.15, 0.2) is 0 Å². The Balaban J connectivity index is 3.06. The third-order valence-corrected chi connectivity index (χ3v) is 2.78. The van der Waals surface area contributed by atoms with Gasteiger partial charge in [-0.25, -0.2) is 4.79 Å². The largest absolute Gasteiger partial charge is 0.478 e. The summed E-state index contributed by atoms with van der Waals surface area (Å²) in [5.74, 6) is -0.960. The molecule has 5 nitrogen and oxygen atoms in total. The molecule has 0 bridgehead atoms. The minimum atomic E-state index is -0.960. The molecule has 0 saturated heterocycles. The summed E-state index contributed by atoms with van der Waals surface area (Å²) in [5, 5.41) is 18.0. The topological polar surface area (TPSA) is 73.6 Å². The lowest BCUT2D eigenvalue weighted by Crippen LogP contribution is -2.29. The van der Waals surface area contributed by atoms with Crippen molar-refractivity contribution in [3.05, 3.63) is 29.3 Å². The van der Waals surface area contributed by atoms with Crippen LogP contribution in [0.4, 0.5) is 5.69 Å². The van der Waals surface area contributed by atoms with Gasteiger partial charge < -0.3 is 14.7 Å². The molecule has 0 saturated carbocycles. The quantitative estimate of drug-likeness (QED) is 0.814. The lowest BCUT2D eigenvalue weighted by Gasteiger charge is -2.25. The van der Waals surface area contributed by atoms with E-state index in [1.165, 1.54) is 0 Å². The Hall–Kier alpha value is -2.06. The highest BCUT2D eigenvalue weighted by Gasteiger charge is 2.15. The van der Waals surface area contributed by atoms with Crippen LogP contribution in [0, 0.1) is 18.3 Å². The van der Waals surface area contributed by atoms with Gasteiger partial charge in [-0.2, -0.15) is 5.26 Å². The highest BCUT2D eigenvalue weighted by Crippen LogP contribution is 2.22. The predicted molar refractivity (Wildman–Crippen MR) is 72.5 cm³/mol. The van der Waals surface area contributed by atoms with Crippen LogP contribution < -0.4 is 4.90 Å². The number of nitrogens with zero attached hydrogens (tertiary/aromatic N) is 2. The molecule has 1 aromatic rings. The van der Waals surface area contributed by atoms with Crippen LogP contribution in [0.2, 0.25) is 0 Å². The zero-order valence-electron chi connectivity index (χ0n) is 11.2. The maximum atomic E-state index is 11.3. The fourth-order valence-corrected chi connectivity index (χ4v) is 1.84. The first-order valence-electron chi connectivity index (χ1n) is 6.05. The summed E-state index contributed by atoms with van der Waals surface area (Å²) in [6.45, 7) is 3.38. The Labute approximate surface area is 113 Å². The molecule has 0 heterocycles. The van der Waals surface area contributed by atoms with Crippen LogP contribution in [0.3, 0.4) is 0 Å². The maximum Gasteiger partial charge on any atom is 0.337 e. The summed E-state index contributed by atoms with van der Waals surface area (Å²) in [5.41, 5.74) is 1.78. The number of anilines is 1.